The molecule has 1 saturated heterocycles. The molecule has 8 nitrogen and oxygen atoms in total. The summed E-state index contributed by atoms with van der Waals surface area (Å²) >= 11 is 0. The van der Waals surface area contributed by atoms with Crippen molar-refractivity contribution in [1.29, 1.82) is 0 Å². The molecule has 34 heavy (non-hydrogen) atoms. The molecule has 2 N–H and O–H groups in total. The Balaban J connectivity index is 1.44. The number of carbonyl (C=O) groups excluding carboxylic acids is 1. The fourth-order valence-corrected chi connectivity index (χ4v) is 5.40. The molecule has 0 aliphatic carbocycles. The maximum absolute atomic E-state index is 13.1. The molecule has 1 amide bonds. The van der Waals surface area contributed by atoms with Crippen molar-refractivity contribution in [3.05, 3.63) is 83.7 Å². The van der Waals surface area contributed by atoms with Crippen molar-refractivity contribution >= 4 is 38.4 Å². The summed E-state index contributed by atoms with van der Waals surface area (Å²) in [5.41, 5.74) is 5.94. The topological polar surface area (TPSA) is 104 Å². The highest BCUT2D eigenvalue weighted by atomic mass is 32.2. The highest BCUT2D eigenvalue weighted by Gasteiger charge is 2.28. The predicted molar refractivity (Wildman–Crippen MR) is 133 cm³/mol. The minimum absolute atomic E-state index is 0.270. The van der Waals surface area contributed by atoms with E-state index in [-0.39, 0.29) is 5.91 Å². The van der Waals surface area contributed by atoms with Gasteiger partial charge >= 0.3 is 10.2 Å². The van der Waals surface area contributed by atoms with Crippen molar-refractivity contribution in [2.24, 2.45) is 0 Å². The van der Waals surface area contributed by atoms with Crippen molar-refractivity contribution in [2.75, 3.05) is 22.7 Å². The number of benzene rings is 2. The van der Waals surface area contributed by atoms with Crippen LogP contribution in [0.25, 0.3) is 22.2 Å². The van der Waals surface area contributed by atoms with Gasteiger partial charge in [0.2, 0.25) is 0 Å². The Kier molecular flexibility index (Phi) is 5.51. The normalized spacial score (nSPS) is 14.9. The maximum atomic E-state index is 13.1. The number of nitrogens with zero attached hydrogens (tertiary/aromatic N) is 3. The number of nitrogens with one attached hydrogen (secondary N) is 2. The van der Waals surface area contributed by atoms with Gasteiger partial charge in [-0.05, 0) is 73.5 Å². The van der Waals surface area contributed by atoms with E-state index in [1.54, 1.807) is 37.5 Å². The van der Waals surface area contributed by atoms with Crippen LogP contribution in [-0.2, 0) is 10.2 Å². The number of anilines is 2. The highest BCUT2D eigenvalue weighted by molar-refractivity contribution is 7.91. The lowest BCUT2D eigenvalue weighted by Crippen LogP contribution is -2.29. The van der Waals surface area contributed by atoms with Gasteiger partial charge in [0.15, 0.2) is 0 Å². The van der Waals surface area contributed by atoms with Crippen LogP contribution in [0.3, 0.4) is 0 Å². The Morgan fingerprint density at radius 2 is 1.85 bits per heavy atom. The third kappa shape index (κ3) is 4.00. The van der Waals surface area contributed by atoms with E-state index in [9.17, 15) is 13.2 Å². The van der Waals surface area contributed by atoms with Crippen LogP contribution in [-0.4, -0.2) is 37.4 Å². The molecule has 2 aromatic heterocycles. The van der Waals surface area contributed by atoms with E-state index in [0.29, 0.717) is 35.6 Å². The van der Waals surface area contributed by atoms with E-state index in [2.05, 4.69) is 20.0 Å². The van der Waals surface area contributed by atoms with Crippen LogP contribution in [0.4, 0.5) is 11.4 Å². The van der Waals surface area contributed by atoms with Crippen LogP contribution in [0.2, 0.25) is 0 Å². The standard InChI is InChI=1S/C25H23N5O3S/c1-16-5-6-18(15-22(16)24-21-4-3-10-26-23(21)9-11-27-24)29-25(31)20-8-7-19(14-17(20)2)30-13-12-28-34(30,32)33/h3-11,14-15,28H,12-13H2,1-2H3,(H,29,31). The molecule has 172 valence electrons. The van der Waals surface area contributed by atoms with Crippen LogP contribution in [0.15, 0.2) is 67.0 Å². The Bertz CT molecular complexity index is 1530. The van der Waals surface area contributed by atoms with Gasteiger partial charge in [-0.15, -0.1) is 0 Å². The van der Waals surface area contributed by atoms with E-state index < -0.39 is 10.2 Å². The van der Waals surface area contributed by atoms with Gasteiger partial charge in [0.25, 0.3) is 5.91 Å². The first-order valence-electron chi connectivity index (χ1n) is 10.8. The molecule has 1 aliphatic heterocycles. The lowest BCUT2D eigenvalue weighted by Gasteiger charge is -2.17. The third-order valence-electron chi connectivity index (χ3n) is 5.91. The number of rotatable bonds is 4. The van der Waals surface area contributed by atoms with Crippen molar-refractivity contribution in [1.82, 2.24) is 14.7 Å². The van der Waals surface area contributed by atoms with Crippen molar-refractivity contribution < 1.29 is 13.2 Å². The Labute approximate surface area is 197 Å². The summed E-state index contributed by atoms with van der Waals surface area (Å²) in [4.78, 5) is 22.0. The molecule has 1 aliphatic rings. The fraction of sp³-hybridized carbons (Fsp3) is 0.160. The van der Waals surface area contributed by atoms with Crippen LogP contribution < -0.4 is 14.3 Å². The molecule has 1 fully saturated rings. The second-order valence-corrected chi connectivity index (χ2v) is 9.86. The van der Waals surface area contributed by atoms with E-state index in [1.807, 2.05) is 43.3 Å². The number of amides is 1. The molecule has 2 aromatic carbocycles. The van der Waals surface area contributed by atoms with Gasteiger partial charge in [0.05, 0.1) is 16.9 Å². The predicted octanol–water partition coefficient (Wildman–Crippen LogP) is 3.82. The van der Waals surface area contributed by atoms with Gasteiger partial charge in [-0.3, -0.25) is 19.1 Å². The average molecular weight is 474 g/mol. The first-order chi connectivity index (χ1) is 16.3. The molecule has 0 saturated carbocycles. The molecule has 0 spiro atoms. The molecule has 3 heterocycles. The lowest BCUT2D eigenvalue weighted by atomic mass is 10.0. The highest BCUT2D eigenvalue weighted by Crippen LogP contribution is 2.31. The Morgan fingerprint density at radius 3 is 2.62 bits per heavy atom. The summed E-state index contributed by atoms with van der Waals surface area (Å²) in [5, 5.41) is 3.90. The van der Waals surface area contributed by atoms with Crippen LogP contribution in [0, 0.1) is 13.8 Å². The largest absolute Gasteiger partial charge is 0.322 e. The van der Waals surface area contributed by atoms with Crippen molar-refractivity contribution in [2.45, 2.75) is 13.8 Å². The van der Waals surface area contributed by atoms with E-state index in [1.165, 1.54) is 4.31 Å². The molecule has 9 heteroatoms. The van der Waals surface area contributed by atoms with Gasteiger partial charge in [0.1, 0.15) is 0 Å². The SMILES string of the molecule is Cc1cc(N2CCNS2(=O)=O)ccc1C(=O)Nc1ccc(C)c(-c2nccc3ncccc23)c1. The Hall–Kier alpha value is -3.82. The minimum atomic E-state index is -3.52. The first-order valence-corrected chi connectivity index (χ1v) is 12.3. The fourth-order valence-electron chi connectivity index (χ4n) is 4.17. The summed E-state index contributed by atoms with van der Waals surface area (Å²) in [5.74, 6) is -0.270. The van der Waals surface area contributed by atoms with Crippen LogP contribution in [0.1, 0.15) is 21.5 Å². The number of carbonyl (C=O) groups is 1. The zero-order chi connectivity index (χ0) is 23.9. The maximum Gasteiger partial charge on any atom is 0.301 e. The molecular formula is C25H23N5O3S. The monoisotopic (exact) mass is 473 g/mol. The molecule has 0 unspecified atom stereocenters. The number of aromatic nitrogens is 2. The number of hydrogen-bond acceptors (Lipinski definition) is 5. The lowest BCUT2D eigenvalue weighted by molar-refractivity contribution is 0.102. The average Bonchev–Trinajstić information content (AvgIpc) is 3.18. The first kappa shape index (κ1) is 22.0. The quantitative estimate of drug-likeness (QED) is 0.469. The number of hydrogen-bond donors (Lipinski definition) is 2. The second-order valence-electron chi connectivity index (χ2n) is 8.18. The summed E-state index contributed by atoms with van der Waals surface area (Å²) in [6.07, 6.45) is 3.48. The van der Waals surface area contributed by atoms with Gasteiger partial charge in [-0.1, -0.05) is 6.07 Å². The minimum Gasteiger partial charge on any atom is -0.322 e. The van der Waals surface area contributed by atoms with Crippen molar-refractivity contribution in [3.8, 4) is 11.3 Å². The second kappa shape index (κ2) is 8.51. The van der Waals surface area contributed by atoms with Gasteiger partial charge < -0.3 is 5.32 Å². The summed E-state index contributed by atoms with van der Waals surface area (Å²) in [6, 6.07) is 16.5. The molecule has 4 aromatic rings. The summed E-state index contributed by atoms with van der Waals surface area (Å²) in [7, 11) is -3.52. The number of pyridine rings is 2. The summed E-state index contributed by atoms with van der Waals surface area (Å²) in [6.45, 7) is 4.52. The van der Waals surface area contributed by atoms with Crippen LogP contribution in [0.5, 0.6) is 0 Å². The summed E-state index contributed by atoms with van der Waals surface area (Å²) < 4.78 is 28.0. The molecule has 0 atom stereocenters. The molecular weight excluding hydrogens is 450 g/mol. The Morgan fingerprint density at radius 1 is 1.00 bits per heavy atom. The zero-order valence-electron chi connectivity index (χ0n) is 18.7. The van der Waals surface area contributed by atoms with Crippen LogP contribution >= 0.6 is 0 Å². The molecule has 0 radical (unpaired) electrons. The zero-order valence-corrected chi connectivity index (χ0v) is 19.6. The molecule has 0 bridgehead atoms. The van der Waals surface area contributed by atoms with Gasteiger partial charge in [-0.25, -0.2) is 0 Å². The van der Waals surface area contributed by atoms with Gasteiger partial charge in [0, 0.05) is 47.7 Å². The van der Waals surface area contributed by atoms with Gasteiger partial charge in [-0.2, -0.15) is 13.1 Å². The van der Waals surface area contributed by atoms with Crippen molar-refractivity contribution in [3.63, 3.8) is 0 Å². The smallest absolute Gasteiger partial charge is 0.301 e. The van der Waals surface area contributed by atoms with E-state index in [0.717, 1.165) is 27.7 Å². The van der Waals surface area contributed by atoms with E-state index >= 15 is 0 Å². The van der Waals surface area contributed by atoms with E-state index in [4.69, 9.17) is 0 Å². The number of aryl methyl sites for hydroxylation is 2. The molecule has 5 rings (SSSR count). The number of fused-ring (bicyclic) bond motifs is 1. The third-order valence-corrected chi connectivity index (χ3v) is 7.45.